The van der Waals surface area contributed by atoms with Gasteiger partial charge in [-0.05, 0) is 0 Å². The zero-order chi connectivity index (χ0) is 15.6. The van der Waals surface area contributed by atoms with Crippen LogP contribution in [0.1, 0.15) is 47.0 Å². The van der Waals surface area contributed by atoms with Crippen molar-refractivity contribution in [3.05, 3.63) is 0 Å². The Balaban J connectivity index is -0.0000000742. The van der Waals surface area contributed by atoms with E-state index in [1.54, 1.807) is 0 Å². The molecular formula is C11H23O6Pb. The van der Waals surface area contributed by atoms with Crippen molar-refractivity contribution in [3.8, 4) is 0 Å². The van der Waals surface area contributed by atoms with Crippen LogP contribution in [0.5, 0.6) is 0 Å². The normalized spacial score (nSPS) is 7.17. The van der Waals surface area contributed by atoms with E-state index < -0.39 is 17.9 Å². The van der Waals surface area contributed by atoms with E-state index in [9.17, 15) is 0 Å². The van der Waals surface area contributed by atoms with Crippen LogP contribution in [-0.2, 0) is 14.4 Å². The standard InChI is InChI=1S/C5H11.3C2H4O2.Pb/c1-3-5-4-2;3*1-2(3)4;/h1,3-5H2,2H3;3*1H3,(H,3,4);. The zero-order valence-corrected chi connectivity index (χ0v) is 15.3. The van der Waals surface area contributed by atoms with Crippen molar-refractivity contribution < 1.29 is 29.7 Å². The van der Waals surface area contributed by atoms with Gasteiger partial charge in [-0.3, -0.25) is 14.4 Å². The van der Waals surface area contributed by atoms with Gasteiger partial charge in [0.05, 0.1) is 0 Å². The fraction of sp³-hybridized carbons (Fsp3) is 0.727. The topological polar surface area (TPSA) is 112 Å². The second-order valence-corrected chi connectivity index (χ2v) is 4.96. The van der Waals surface area contributed by atoms with Crippen LogP contribution in [0.2, 0.25) is 3.98 Å². The van der Waals surface area contributed by atoms with Crippen molar-refractivity contribution >= 4 is 43.7 Å². The Hall–Kier alpha value is -0.668. The number of hydrogen-bond donors (Lipinski definition) is 3. The molecule has 0 unspecified atom stereocenters. The number of hydrogen-bond acceptors (Lipinski definition) is 3. The Labute approximate surface area is 124 Å². The molecule has 0 aromatic rings. The van der Waals surface area contributed by atoms with Gasteiger partial charge in [0.25, 0.3) is 17.9 Å². The Morgan fingerprint density at radius 2 is 1.06 bits per heavy atom. The van der Waals surface area contributed by atoms with Crippen LogP contribution in [-0.4, -0.2) is 59.0 Å². The van der Waals surface area contributed by atoms with Crippen LogP contribution >= 0.6 is 0 Å². The van der Waals surface area contributed by atoms with Crippen molar-refractivity contribution in [3.63, 3.8) is 0 Å². The molecule has 0 amide bonds. The Bertz CT molecular complexity index is 161. The van der Waals surface area contributed by atoms with Gasteiger partial charge < -0.3 is 15.3 Å². The third kappa shape index (κ3) is 579. The van der Waals surface area contributed by atoms with Gasteiger partial charge in [0.1, 0.15) is 0 Å². The number of unbranched alkanes of at least 4 members (excludes halogenated alkanes) is 2. The molecule has 107 valence electrons. The minimum atomic E-state index is -0.833. The van der Waals surface area contributed by atoms with Gasteiger partial charge in [0.15, 0.2) is 0 Å². The van der Waals surface area contributed by atoms with Crippen LogP contribution < -0.4 is 0 Å². The van der Waals surface area contributed by atoms with E-state index >= 15 is 0 Å². The summed E-state index contributed by atoms with van der Waals surface area (Å²) in [6.45, 7) is 5.50. The monoisotopic (exact) mass is 459 g/mol. The summed E-state index contributed by atoms with van der Waals surface area (Å²) in [5.74, 6) is -2.50. The van der Waals surface area contributed by atoms with Gasteiger partial charge in [0.2, 0.25) is 0 Å². The average Bonchev–Trinajstić information content (AvgIpc) is 2.11. The van der Waals surface area contributed by atoms with Crippen LogP contribution in [0, 0.1) is 0 Å². The maximum atomic E-state index is 9.00. The number of carboxylic acids is 3. The molecule has 3 N–H and O–H groups in total. The summed E-state index contributed by atoms with van der Waals surface area (Å²) in [7, 11) is 0. The van der Waals surface area contributed by atoms with Crippen molar-refractivity contribution in [1.82, 2.24) is 0 Å². The molecule has 0 heterocycles. The summed E-state index contributed by atoms with van der Waals surface area (Å²) in [5, 5.41) is 22.2. The molecule has 0 aromatic heterocycles. The van der Waals surface area contributed by atoms with Gasteiger partial charge >= 0.3 is 55.9 Å². The molecule has 0 aliphatic heterocycles. The van der Waals surface area contributed by atoms with Gasteiger partial charge in [-0.15, -0.1) is 0 Å². The summed E-state index contributed by atoms with van der Waals surface area (Å²) >= 11 is 1.40. The van der Waals surface area contributed by atoms with Gasteiger partial charge in [-0.25, -0.2) is 0 Å². The molecule has 0 rings (SSSR count). The summed E-state index contributed by atoms with van der Waals surface area (Å²) in [6.07, 6.45) is 4.30. The van der Waals surface area contributed by atoms with E-state index in [4.69, 9.17) is 29.7 Å². The number of carbonyl (C=O) groups is 3. The third-order valence-corrected chi connectivity index (χ3v) is 2.15. The molecule has 0 aliphatic rings. The molecular weight excluding hydrogens is 435 g/mol. The van der Waals surface area contributed by atoms with Gasteiger partial charge in [0, 0.05) is 20.8 Å². The fourth-order valence-electron chi connectivity index (χ4n) is 0.375. The molecule has 0 spiro atoms. The molecule has 0 saturated carbocycles. The van der Waals surface area contributed by atoms with E-state index in [1.165, 1.54) is 49.0 Å². The molecule has 3 radical (unpaired) electrons. The number of aliphatic carboxylic acids is 3. The molecule has 0 aliphatic carbocycles. The van der Waals surface area contributed by atoms with Crippen LogP contribution in [0.4, 0.5) is 0 Å². The molecule has 0 fully saturated rings. The molecule has 0 saturated heterocycles. The third-order valence-electron chi connectivity index (χ3n) is 0.780. The predicted octanol–water partition coefficient (Wildman–Crippen LogP) is 2.04. The second-order valence-electron chi connectivity index (χ2n) is 3.01. The molecule has 18 heavy (non-hydrogen) atoms. The Morgan fingerprint density at radius 1 is 0.833 bits per heavy atom. The number of rotatable bonds is 3. The van der Waals surface area contributed by atoms with Crippen molar-refractivity contribution in [2.45, 2.75) is 50.9 Å². The molecule has 0 bridgehead atoms. The van der Waals surface area contributed by atoms with Crippen molar-refractivity contribution in [2.24, 2.45) is 0 Å². The molecule has 7 heteroatoms. The fourth-order valence-corrected chi connectivity index (χ4v) is 1.35. The first-order chi connectivity index (χ1) is 8.11. The summed E-state index contributed by atoms with van der Waals surface area (Å²) in [6, 6.07) is 0. The average molecular weight is 458 g/mol. The van der Waals surface area contributed by atoms with Gasteiger partial charge in [-0.2, -0.15) is 0 Å². The predicted molar refractivity (Wildman–Crippen MR) is 70.0 cm³/mol. The van der Waals surface area contributed by atoms with Crippen LogP contribution in [0.15, 0.2) is 0 Å². The van der Waals surface area contributed by atoms with Crippen molar-refractivity contribution in [1.29, 1.82) is 0 Å². The Morgan fingerprint density at radius 3 is 1.11 bits per heavy atom. The van der Waals surface area contributed by atoms with E-state index in [0.29, 0.717) is 0 Å². The SMILES string of the molecule is CC(=O)O.CC(=O)O.CC(=O)O.CCCC[CH2][Pb]. The molecule has 6 nitrogen and oxygen atoms in total. The zero-order valence-electron chi connectivity index (χ0n) is 11.4. The van der Waals surface area contributed by atoms with E-state index in [1.807, 2.05) is 0 Å². The number of carboxylic acid groups (broad SMARTS) is 3. The van der Waals surface area contributed by atoms with Gasteiger partial charge in [-0.1, -0.05) is 0 Å². The summed E-state index contributed by atoms with van der Waals surface area (Å²) in [4.78, 5) is 27.0. The van der Waals surface area contributed by atoms with E-state index in [0.717, 1.165) is 20.8 Å². The molecule has 0 atom stereocenters. The maximum absolute atomic E-state index is 9.00. The quantitative estimate of drug-likeness (QED) is 0.441. The first kappa shape index (κ1) is 26.0. The summed E-state index contributed by atoms with van der Waals surface area (Å²) in [5.41, 5.74) is 0. The van der Waals surface area contributed by atoms with Crippen LogP contribution in [0.3, 0.4) is 0 Å². The summed E-state index contributed by atoms with van der Waals surface area (Å²) < 4.78 is 1.49. The minimum absolute atomic E-state index is 0.833. The first-order valence-electron chi connectivity index (χ1n) is 5.34. The first-order valence-corrected chi connectivity index (χ1v) is 8.09. The van der Waals surface area contributed by atoms with E-state index in [-0.39, 0.29) is 0 Å². The van der Waals surface area contributed by atoms with Crippen LogP contribution in [0.25, 0.3) is 0 Å². The second kappa shape index (κ2) is 25.2. The Kier molecular flexibility index (Phi) is 36.5. The van der Waals surface area contributed by atoms with Crippen molar-refractivity contribution in [2.75, 3.05) is 0 Å². The molecule has 0 aromatic carbocycles. The van der Waals surface area contributed by atoms with E-state index in [2.05, 4.69) is 6.92 Å².